The highest BCUT2D eigenvalue weighted by molar-refractivity contribution is 8.76. The summed E-state index contributed by atoms with van der Waals surface area (Å²) in [5.74, 6) is -13.8. The van der Waals surface area contributed by atoms with Crippen molar-refractivity contribution in [3.8, 4) is 0 Å². The van der Waals surface area contributed by atoms with Gasteiger partial charge < -0.3 is 89.0 Å². The van der Waals surface area contributed by atoms with Crippen molar-refractivity contribution in [2.45, 2.75) is 113 Å². The quantitative estimate of drug-likeness (QED) is 0.0160. The van der Waals surface area contributed by atoms with Crippen molar-refractivity contribution in [3.05, 3.63) is 108 Å². The Morgan fingerprint density at radius 3 is 1.68 bits per heavy atom. The van der Waals surface area contributed by atoms with Crippen LogP contribution in [0.15, 0.2) is 91.1 Å². The molecule has 1 fully saturated rings. The lowest BCUT2D eigenvalue weighted by Gasteiger charge is -2.29. The highest BCUT2D eigenvalue weighted by Gasteiger charge is 2.37. The highest BCUT2D eigenvalue weighted by atomic mass is 33.1. The Balaban J connectivity index is 1.57. The molecule has 0 radical (unpaired) electrons. The van der Waals surface area contributed by atoms with Gasteiger partial charge in [-0.1, -0.05) is 100 Å². The first-order valence-electron chi connectivity index (χ1n) is 31.2. The van der Waals surface area contributed by atoms with Crippen LogP contribution in [0.5, 0.6) is 0 Å². The number of carboxylic acids is 4. The fourth-order valence-corrected chi connectivity index (χ4v) is 12.6. The highest BCUT2D eigenvalue weighted by Crippen LogP contribution is 2.25. The number of nitrogens with one attached hydrogen (secondary N) is 9. The van der Waals surface area contributed by atoms with E-state index in [1.54, 1.807) is 91.1 Å². The number of nitrogens with zero attached hydrogens (tertiary/aromatic N) is 3. The number of benzene rings is 3. The molecule has 10 atom stereocenters. The summed E-state index contributed by atoms with van der Waals surface area (Å²) in [6, 6.07) is 11.7. The number of aliphatic hydroxyl groups is 3. The lowest BCUT2D eigenvalue weighted by Crippen LogP contribution is -2.62. The van der Waals surface area contributed by atoms with Gasteiger partial charge >= 0.3 is 23.9 Å². The summed E-state index contributed by atoms with van der Waals surface area (Å²) in [5, 5.41) is 91.6. The Morgan fingerprint density at radius 2 is 1.10 bits per heavy atom. The van der Waals surface area contributed by atoms with Gasteiger partial charge in [0.15, 0.2) is 0 Å². The molecule has 32 nitrogen and oxygen atoms in total. The third-order valence-corrected chi connectivity index (χ3v) is 17.8. The largest absolute Gasteiger partial charge is 0.480 e. The van der Waals surface area contributed by atoms with Crippen LogP contribution in [0.1, 0.15) is 49.8 Å². The minimum Gasteiger partial charge on any atom is -0.480 e. The number of aliphatic carboxylic acids is 4. The van der Waals surface area contributed by atoms with Crippen molar-refractivity contribution < 1.29 is 93.3 Å². The van der Waals surface area contributed by atoms with E-state index in [2.05, 4.69) is 47.5 Å². The van der Waals surface area contributed by atoms with Crippen LogP contribution in [0.25, 0.3) is 10.9 Å². The molecule has 1 aromatic heterocycles. The van der Waals surface area contributed by atoms with E-state index in [1.165, 1.54) is 18.7 Å². The zero-order valence-corrected chi connectivity index (χ0v) is 55.3. The van der Waals surface area contributed by atoms with Gasteiger partial charge in [0.05, 0.1) is 57.6 Å². The molecule has 0 bridgehead atoms. The van der Waals surface area contributed by atoms with E-state index >= 15 is 9.59 Å². The number of aromatic amines is 1. The molecule has 8 amide bonds. The summed E-state index contributed by atoms with van der Waals surface area (Å²) < 4.78 is 0. The molecule has 0 spiro atoms. The number of fused-ring (bicyclic) bond motifs is 1. The number of carbonyl (C=O) groups is 12. The van der Waals surface area contributed by atoms with Crippen molar-refractivity contribution in [3.63, 3.8) is 0 Å². The molecule has 1 saturated heterocycles. The zero-order valence-electron chi connectivity index (χ0n) is 53.6. The number of carboxylic acid groups (broad SMARTS) is 4. The van der Waals surface area contributed by atoms with Gasteiger partial charge in [0.2, 0.25) is 47.3 Å². The first-order chi connectivity index (χ1) is 46.2. The third-order valence-electron chi connectivity index (χ3n) is 15.4. The Hall–Kier alpha value is -8.74. The maximum Gasteiger partial charge on any atom is 0.317 e. The number of hydrogen-bond donors (Lipinski definition) is 17. The first-order valence-corrected chi connectivity index (χ1v) is 33.7. The van der Waals surface area contributed by atoms with Gasteiger partial charge in [0.1, 0.15) is 42.3 Å². The van der Waals surface area contributed by atoms with E-state index in [-0.39, 0.29) is 70.6 Å². The second-order valence-electron chi connectivity index (χ2n) is 23.3. The predicted molar refractivity (Wildman–Crippen MR) is 356 cm³/mol. The number of aliphatic hydroxyl groups excluding tert-OH is 3. The molecule has 3 aromatic carbocycles. The maximum absolute atomic E-state index is 15.2. The molecule has 4 aromatic rings. The average molecular weight is 1390 g/mol. The van der Waals surface area contributed by atoms with Gasteiger partial charge in [-0.3, -0.25) is 72.2 Å². The normalized spacial score (nSPS) is 19.8. The molecule has 0 aliphatic carbocycles. The lowest BCUT2D eigenvalue weighted by molar-refractivity contribution is -0.143. The smallest absolute Gasteiger partial charge is 0.317 e. The SMILES string of the molecule is C[C@@H](O)[C@@H]1NC(=O)[C@H](CCCCN)NC(=O)[C@@H](Cc2c[nH]c3ccccc23)NC(=O)[C@H](Cc2ccccc2)NC(=O)[C@@H](NC(=O)[C@H](Cc2ccccc2)NC(=O)CN(CCN(CCN(CC(=O)O)CC(=O)O)CC(=O)O)CC(=O)O)CSSC[C@@H](C(=O)N[C@H](CO)[C@@H](C)O)NC1=O. The molecule has 0 saturated carbocycles. The number of aromatic nitrogens is 1. The number of amides is 8. The van der Waals surface area contributed by atoms with Gasteiger partial charge in [-0.15, -0.1) is 0 Å². The van der Waals surface area contributed by atoms with Crippen molar-refractivity contribution in [2.75, 3.05) is 83.6 Å². The summed E-state index contributed by atoms with van der Waals surface area (Å²) in [6.07, 6.45) is -1.31. The van der Waals surface area contributed by atoms with E-state index < -0.39 is 177 Å². The number of carbonyl (C=O) groups excluding carboxylic acids is 8. The van der Waals surface area contributed by atoms with Crippen LogP contribution < -0.4 is 48.3 Å². The van der Waals surface area contributed by atoms with Crippen LogP contribution in [-0.4, -0.2) is 271 Å². The second-order valence-corrected chi connectivity index (χ2v) is 25.8. The van der Waals surface area contributed by atoms with Gasteiger partial charge in [0.25, 0.3) is 0 Å². The van der Waals surface area contributed by atoms with Crippen molar-refractivity contribution in [2.24, 2.45) is 5.73 Å². The minimum atomic E-state index is -1.78. The molecule has 0 unspecified atom stereocenters. The zero-order chi connectivity index (χ0) is 71.1. The van der Waals surface area contributed by atoms with E-state index in [9.17, 15) is 83.7 Å². The van der Waals surface area contributed by atoms with E-state index in [0.29, 0.717) is 34.0 Å². The van der Waals surface area contributed by atoms with Gasteiger partial charge in [-0.05, 0) is 62.4 Å². The van der Waals surface area contributed by atoms with E-state index in [4.69, 9.17) is 5.73 Å². The summed E-state index contributed by atoms with van der Waals surface area (Å²) in [4.78, 5) is 171. The van der Waals surface area contributed by atoms with E-state index in [0.717, 1.165) is 31.4 Å². The summed E-state index contributed by atoms with van der Waals surface area (Å²) in [6.45, 7) is -2.46. The minimum absolute atomic E-state index is 0.0513. The van der Waals surface area contributed by atoms with Gasteiger partial charge in [-0.2, -0.15) is 0 Å². The predicted octanol–water partition coefficient (Wildman–Crippen LogP) is -3.40. The van der Waals surface area contributed by atoms with E-state index in [1.807, 2.05) is 0 Å². The number of hydrogen-bond acceptors (Lipinski definition) is 21. The van der Waals surface area contributed by atoms with Crippen molar-refractivity contribution in [1.29, 1.82) is 0 Å². The van der Waals surface area contributed by atoms with Gasteiger partial charge in [-0.25, -0.2) is 0 Å². The fourth-order valence-electron chi connectivity index (χ4n) is 10.3. The molecular weight excluding hydrogens is 1310 g/mol. The molecule has 97 heavy (non-hydrogen) atoms. The average Bonchev–Trinajstić information content (AvgIpc) is 1.76. The molecule has 2 heterocycles. The monoisotopic (exact) mass is 1390 g/mol. The third kappa shape index (κ3) is 27.7. The molecule has 1 aliphatic heterocycles. The number of para-hydroxylation sites is 1. The Bertz CT molecular complexity index is 3280. The number of rotatable bonds is 34. The molecule has 1 aliphatic rings. The standard InChI is InChI=1S/C63H87N13O19S2/c1-37(78)48(34-77)70-62(94)50-36-97-96-35-49(71-58(90)45(25-39-13-5-3-6-14-39)66-51(80)29-75(31-53(83)84)23-21-74(30-52(81)82)22-24-76(32-54(85)86)33-55(87)88)61(93)68-46(26-40-15-7-4-8-16-40)59(91)69-47(27-41-28-65-43-18-10-9-17-42(41)43)60(92)67-44(19-11-12-20-64)57(89)73-56(38(2)79)63(95)72-50/h3-10,13-18,28,37-38,44-50,56,65,77-79H,11-12,19-27,29-36,64H2,1-2H3,(H,66,80)(H,67,92)(H,68,93)(H,69,91)(H,70,94)(H,71,90)(H,72,95)(H,73,89)(H,81,82)(H,83,84)(H,85,86)(H,87,88)/t37-,38-,44+,45+,46+,47-,48-,49+,50+,56+/m1/s1. The van der Waals surface area contributed by atoms with Crippen LogP contribution in [-0.2, 0) is 76.8 Å². The summed E-state index contributed by atoms with van der Waals surface area (Å²) >= 11 is 0. The fraction of sp³-hybridized carbons (Fsp3) is 0.492. The summed E-state index contributed by atoms with van der Waals surface area (Å²) in [5.41, 5.74) is 8.10. The molecular formula is C63H87N13O19S2. The van der Waals surface area contributed by atoms with Gasteiger partial charge in [0, 0.05) is 74.0 Å². The number of H-pyrrole nitrogens is 1. The maximum atomic E-state index is 15.2. The topological polar surface area (TPSA) is 494 Å². The van der Waals surface area contributed by atoms with Crippen molar-refractivity contribution >= 4 is 104 Å². The second kappa shape index (κ2) is 40.7. The Labute approximate surface area is 566 Å². The Kier molecular flexibility index (Phi) is 33.2. The van der Waals surface area contributed by atoms with Crippen LogP contribution in [0.4, 0.5) is 0 Å². The summed E-state index contributed by atoms with van der Waals surface area (Å²) in [7, 11) is 1.77. The van der Waals surface area contributed by atoms with Crippen LogP contribution in [0, 0.1) is 0 Å². The van der Waals surface area contributed by atoms with Crippen LogP contribution >= 0.6 is 21.6 Å². The molecule has 530 valence electrons. The van der Waals surface area contributed by atoms with Crippen LogP contribution in [0.3, 0.4) is 0 Å². The number of unbranched alkanes of at least 4 members (excludes halogenated alkanes) is 1. The molecule has 5 rings (SSSR count). The van der Waals surface area contributed by atoms with Crippen molar-refractivity contribution in [1.82, 2.24) is 62.2 Å². The molecule has 18 N–H and O–H groups in total. The Morgan fingerprint density at radius 1 is 0.588 bits per heavy atom. The van der Waals surface area contributed by atoms with Crippen LogP contribution in [0.2, 0.25) is 0 Å². The lowest BCUT2D eigenvalue weighted by atomic mass is 10.0. The molecule has 34 heteroatoms. The first kappa shape index (κ1) is 79.0. The number of nitrogens with two attached hydrogens (primary N) is 1.